The van der Waals surface area contributed by atoms with Crippen molar-refractivity contribution in [1.29, 1.82) is 0 Å². The first-order chi connectivity index (χ1) is 25.3. The van der Waals surface area contributed by atoms with Gasteiger partial charge in [0.05, 0.1) is 19.5 Å². The number of pyridine rings is 1. The van der Waals surface area contributed by atoms with Crippen LogP contribution in [-0.2, 0) is 51.8 Å². The molecule has 0 N–H and O–H groups in total. The quantitative estimate of drug-likeness (QED) is 0.0641. The highest BCUT2D eigenvalue weighted by atomic mass is 32.2. The van der Waals surface area contributed by atoms with Gasteiger partial charge in [0.25, 0.3) is 10.1 Å². The van der Waals surface area contributed by atoms with Gasteiger partial charge in [-0.25, -0.2) is 9.78 Å². The minimum atomic E-state index is -3.50. The molecule has 0 unspecified atom stereocenters. The zero-order valence-electron chi connectivity index (χ0n) is 28.7. The zero-order valence-corrected chi connectivity index (χ0v) is 29.5. The maximum absolute atomic E-state index is 14.1. The van der Waals surface area contributed by atoms with Crippen molar-refractivity contribution < 1.29 is 36.3 Å². The molecule has 10 nitrogen and oxygen atoms in total. The molecule has 0 saturated carbocycles. The topological polar surface area (TPSA) is 115 Å². The third-order valence-corrected chi connectivity index (χ3v) is 9.24. The predicted octanol–water partition coefficient (Wildman–Crippen LogP) is 7.52. The zero-order chi connectivity index (χ0) is 35.9. The molecule has 0 bridgehead atoms. The molecule has 2 aromatic heterocycles. The smallest absolute Gasteiger partial charge is 0.348 e. The monoisotopic (exact) mass is 718 g/mol. The summed E-state index contributed by atoms with van der Waals surface area (Å²) in [6.07, 6.45) is 4.11. The second-order valence-corrected chi connectivity index (χ2v) is 14.1. The van der Waals surface area contributed by atoms with E-state index in [4.69, 9.17) is 28.1 Å². The molecule has 1 aliphatic rings. The average Bonchev–Trinajstić information content (AvgIpc) is 3.46. The highest BCUT2D eigenvalue weighted by Crippen LogP contribution is 2.47. The minimum Gasteiger partial charge on any atom is -0.487 e. The Kier molecular flexibility index (Phi) is 10.5. The van der Waals surface area contributed by atoms with Crippen molar-refractivity contribution in [3.8, 4) is 28.6 Å². The molecular weight excluding hydrogens is 681 g/mol. The van der Waals surface area contributed by atoms with Crippen molar-refractivity contribution in [1.82, 2.24) is 9.55 Å². The van der Waals surface area contributed by atoms with E-state index in [2.05, 4.69) is 16.7 Å². The summed E-state index contributed by atoms with van der Waals surface area (Å²) in [5.74, 6) is -0.0362. The summed E-state index contributed by atoms with van der Waals surface area (Å²) in [6, 6.07) is 35.0. The lowest BCUT2D eigenvalue weighted by molar-refractivity contribution is 0.0459. The summed E-state index contributed by atoms with van der Waals surface area (Å²) in [5, 5.41) is 0.960. The van der Waals surface area contributed by atoms with Crippen molar-refractivity contribution >= 4 is 27.0 Å². The Bertz CT molecular complexity index is 2280. The number of rotatable bonds is 14. The SMILES string of the molecule is CS(=O)(=O)OCCCn1ccc2cc3c(cc21)CCOc1c-3nc(OCc2ccccc2)c(C(=O)OCc2ccccc2)c1OCc1ccccc1. The predicted molar refractivity (Wildman–Crippen MR) is 197 cm³/mol. The Morgan fingerprint density at radius 1 is 0.827 bits per heavy atom. The molecule has 0 spiro atoms. The molecule has 0 atom stereocenters. The summed E-state index contributed by atoms with van der Waals surface area (Å²) in [7, 11) is -3.50. The van der Waals surface area contributed by atoms with E-state index in [0.29, 0.717) is 37.4 Å². The van der Waals surface area contributed by atoms with Gasteiger partial charge in [-0.05, 0) is 46.9 Å². The van der Waals surface area contributed by atoms with Crippen molar-refractivity contribution in [2.24, 2.45) is 0 Å². The van der Waals surface area contributed by atoms with E-state index in [1.807, 2.05) is 103 Å². The molecule has 266 valence electrons. The third kappa shape index (κ3) is 8.28. The number of ether oxygens (including phenoxy) is 4. The van der Waals surface area contributed by atoms with E-state index in [9.17, 15) is 13.2 Å². The van der Waals surface area contributed by atoms with Crippen LogP contribution in [0.5, 0.6) is 17.4 Å². The first-order valence-corrected chi connectivity index (χ1v) is 18.9. The van der Waals surface area contributed by atoms with Gasteiger partial charge in [-0.2, -0.15) is 8.42 Å². The van der Waals surface area contributed by atoms with Crippen LogP contribution in [0.25, 0.3) is 22.2 Å². The summed E-state index contributed by atoms with van der Waals surface area (Å²) < 4.78 is 55.1. The molecule has 6 aromatic rings. The molecule has 11 heteroatoms. The lowest BCUT2D eigenvalue weighted by Gasteiger charge is -2.20. The maximum atomic E-state index is 14.1. The van der Waals surface area contributed by atoms with Crippen LogP contribution in [0.1, 0.15) is 39.0 Å². The molecule has 3 heterocycles. The van der Waals surface area contributed by atoms with E-state index in [1.54, 1.807) is 0 Å². The third-order valence-electron chi connectivity index (χ3n) is 8.65. The van der Waals surface area contributed by atoms with Gasteiger partial charge in [0.15, 0.2) is 17.1 Å². The van der Waals surface area contributed by atoms with Gasteiger partial charge < -0.3 is 23.5 Å². The van der Waals surface area contributed by atoms with Gasteiger partial charge in [-0.1, -0.05) is 91.0 Å². The normalized spacial score (nSPS) is 12.3. The fourth-order valence-corrected chi connectivity index (χ4v) is 6.55. The second-order valence-electron chi connectivity index (χ2n) is 12.5. The van der Waals surface area contributed by atoms with Crippen LogP contribution in [0.3, 0.4) is 0 Å². The van der Waals surface area contributed by atoms with Gasteiger partial charge in [-0.3, -0.25) is 4.18 Å². The number of hydrogen-bond donors (Lipinski definition) is 0. The van der Waals surface area contributed by atoms with Crippen LogP contribution < -0.4 is 14.2 Å². The highest BCUT2D eigenvalue weighted by Gasteiger charge is 2.33. The lowest BCUT2D eigenvalue weighted by Crippen LogP contribution is -2.14. The number of benzene rings is 4. The first kappa shape index (κ1) is 34.8. The van der Waals surface area contributed by atoms with E-state index in [0.717, 1.165) is 45.0 Å². The first-order valence-electron chi connectivity index (χ1n) is 17.0. The van der Waals surface area contributed by atoms with Crippen LogP contribution in [0, 0.1) is 0 Å². The molecule has 0 saturated heterocycles. The van der Waals surface area contributed by atoms with Crippen molar-refractivity contribution in [3.63, 3.8) is 0 Å². The van der Waals surface area contributed by atoms with Gasteiger partial charge in [-0.15, -0.1) is 0 Å². The standard InChI is InChI=1S/C41H38N2O8S/c1-52(45,46)51-22-11-20-43-21-18-33-24-34-32(25-35(33)43)19-23-47-39-37(34)42-40(49-27-30-14-7-3-8-15-30)36(38(39)48-26-29-12-5-2-6-13-29)41(44)50-28-31-16-9-4-10-17-31/h2-10,12-18,21,24-25H,11,19-20,22-23,26-28H2,1H3. The Hall–Kier alpha value is -5.65. The molecule has 0 amide bonds. The van der Waals surface area contributed by atoms with Gasteiger partial charge >= 0.3 is 5.97 Å². The van der Waals surface area contributed by atoms with E-state index >= 15 is 0 Å². The lowest BCUT2D eigenvalue weighted by atomic mass is 9.98. The average molecular weight is 719 g/mol. The molecule has 0 aliphatic carbocycles. The van der Waals surface area contributed by atoms with Gasteiger partial charge in [0.2, 0.25) is 5.88 Å². The summed E-state index contributed by atoms with van der Waals surface area (Å²) in [4.78, 5) is 19.1. The number of hydrogen-bond acceptors (Lipinski definition) is 9. The Labute approximate surface area is 302 Å². The van der Waals surface area contributed by atoms with Crippen molar-refractivity contribution in [2.75, 3.05) is 19.5 Å². The number of aromatic nitrogens is 2. The highest BCUT2D eigenvalue weighted by molar-refractivity contribution is 7.85. The molecule has 0 radical (unpaired) electrons. The fraction of sp³-hybridized carbons (Fsp3) is 0.220. The fourth-order valence-electron chi connectivity index (χ4n) is 6.13. The van der Waals surface area contributed by atoms with Gasteiger partial charge in [0.1, 0.15) is 25.5 Å². The summed E-state index contributed by atoms with van der Waals surface area (Å²) in [6.45, 7) is 1.35. The number of esters is 1. The van der Waals surface area contributed by atoms with Gasteiger partial charge in [0, 0.05) is 35.6 Å². The molecule has 52 heavy (non-hydrogen) atoms. The van der Waals surface area contributed by atoms with Crippen LogP contribution in [0.15, 0.2) is 115 Å². The molecule has 7 rings (SSSR count). The minimum absolute atomic E-state index is 0.0477. The van der Waals surface area contributed by atoms with Crippen molar-refractivity contribution in [3.05, 3.63) is 143 Å². The number of nitrogens with zero attached hydrogens (tertiary/aromatic N) is 2. The summed E-state index contributed by atoms with van der Waals surface area (Å²) >= 11 is 0. The number of aryl methyl sites for hydroxylation is 1. The Morgan fingerprint density at radius 3 is 2.12 bits per heavy atom. The number of fused-ring (bicyclic) bond motifs is 4. The second kappa shape index (κ2) is 15.7. The Balaban J connectivity index is 1.31. The van der Waals surface area contributed by atoms with E-state index < -0.39 is 16.1 Å². The molecular formula is C41H38N2O8S. The van der Waals surface area contributed by atoms with Crippen LogP contribution >= 0.6 is 0 Å². The Morgan fingerprint density at radius 2 is 1.46 bits per heavy atom. The molecule has 0 fully saturated rings. The maximum Gasteiger partial charge on any atom is 0.348 e. The van der Waals surface area contributed by atoms with Crippen LogP contribution in [0.4, 0.5) is 0 Å². The largest absolute Gasteiger partial charge is 0.487 e. The van der Waals surface area contributed by atoms with Crippen molar-refractivity contribution in [2.45, 2.75) is 39.2 Å². The van der Waals surface area contributed by atoms with E-state index in [1.165, 1.54) is 0 Å². The van der Waals surface area contributed by atoms with Crippen LogP contribution in [-0.4, -0.2) is 43.4 Å². The molecule has 4 aromatic carbocycles. The van der Waals surface area contributed by atoms with E-state index in [-0.39, 0.29) is 43.6 Å². The van der Waals surface area contributed by atoms with Crippen LogP contribution in [0.2, 0.25) is 0 Å². The number of carbonyl (C=O) groups excluding carboxylic acids is 1. The number of carbonyl (C=O) groups is 1. The molecule has 1 aliphatic heterocycles. The summed E-state index contributed by atoms with van der Waals surface area (Å²) in [5.41, 5.74) is 6.00.